The van der Waals surface area contributed by atoms with Gasteiger partial charge in [-0.05, 0) is 19.8 Å². The SMILES string of the molecule is CCOC(=O)c1nc2c(s1)C(=O)CCC2. The van der Waals surface area contributed by atoms with Crippen molar-refractivity contribution in [2.75, 3.05) is 6.61 Å². The van der Waals surface area contributed by atoms with Gasteiger partial charge in [0, 0.05) is 6.42 Å². The Hall–Kier alpha value is -1.23. The molecular formula is C10H11NO3S. The normalized spacial score (nSPS) is 14.9. The minimum atomic E-state index is -0.426. The lowest BCUT2D eigenvalue weighted by Crippen LogP contribution is -2.08. The van der Waals surface area contributed by atoms with E-state index in [2.05, 4.69) is 4.98 Å². The zero-order chi connectivity index (χ0) is 10.8. The van der Waals surface area contributed by atoms with Crippen molar-refractivity contribution in [3.8, 4) is 0 Å². The smallest absolute Gasteiger partial charge is 0.367 e. The maximum absolute atomic E-state index is 11.5. The Morgan fingerprint density at radius 3 is 3.00 bits per heavy atom. The minimum absolute atomic E-state index is 0.101. The van der Waals surface area contributed by atoms with E-state index in [4.69, 9.17) is 4.74 Å². The quantitative estimate of drug-likeness (QED) is 0.721. The molecule has 4 nitrogen and oxygen atoms in total. The summed E-state index contributed by atoms with van der Waals surface area (Å²) in [5, 5.41) is 0.303. The first-order valence-electron chi connectivity index (χ1n) is 4.92. The monoisotopic (exact) mass is 225 g/mol. The molecule has 0 saturated carbocycles. The van der Waals surface area contributed by atoms with Crippen LogP contribution >= 0.6 is 11.3 Å². The molecule has 0 unspecified atom stereocenters. The van der Waals surface area contributed by atoms with E-state index in [0.717, 1.165) is 29.9 Å². The predicted octanol–water partition coefficient (Wildman–Crippen LogP) is 1.84. The topological polar surface area (TPSA) is 56.3 Å². The molecule has 1 aliphatic carbocycles. The van der Waals surface area contributed by atoms with Gasteiger partial charge < -0.3 is 4.74 Å². The number of ether oxygens (including phenoxy) is 1. The molecule has 1 aliphatic rings. The third kappa shape index (κ3) is 1.92. The number of aryl methyl sites for hydroxylation is 1. The van der Waals surface area contributed by atoms with Crippen molar-refractivity contribution in [1.29, 1.82) is 0 Å². The van der Waals surface area contributed by atoms with E-state index in [1.807, 2.05) is 0 Å². The van der Waals surface area contributed by atoms with Gasteiger partial charge in [-0.15, -0.1) is 11.3 Å². The number of ketones is 1. The summed E-state index contributed by atoms with van der Waals surface area (Å²) < 4.78 is 4.84. The first kappa shape index (κ1) is 10.3. The molecule has 0 spiro atoms. The number of rotatable bonds is 2. The second-order valence-electron chi connectivity index (χ2n) is 3.29. The molecule has 0 aliphatic heterocycles. The van der Waals surface area contributed by atoms with Gasteiger partial charge in [0.25, 0.3) is 0 Å². The first-order chi connectivity index (χ1) is 7.22. The van der Waals surface area contributed by atoms with Crippen LogP contribution in [0.15, 0.2) is 0 Å². The van der Waals surface area contributed by atoms with Gasteiger partial charge in [0.1, 0.15) is 0 Å². The van der Waals surface area contributed by atoms with Crippen LogP contribution in [0.2, 0.25) is 0 Å². The van der Waals surface area contributed by atoms with Gasteiger partial charge >= 0.3 is 5.97 Å². The van der Waals surface area contributed by atoms with E-state index >= 15 is 0 Å². The maximum Gasteiger partial charge on any atom is 0.367 e. The summed E-state index contributed by atoms with van der Waals surface area (Å²) in [6, 6.07) is 0. The lowest BCUT2D eigenvalue weighted by molar-refractivity contribution is 0.0525. The van der Waals surface area contributed by atoms with Crippen molar-refractivity contribution >= 4 is 23.1 Å². The number of esters is 1. The van der Waals surface area contributed by atoms with Gasteiger partial charge in [0.15, 0.2) is 5.78 Å². The van der Waals surface area contributed by atoms with Crippen LogP contribution in [-0.2, 0) is 11.2 Å². The molecule has 0 amide bonds. The van der Waals surface area contributed by atoms with Gasteiger partial charge in [0.05, 0.1) is 17.2 Å². The Kier molecular flexibility index (Phi) is 2.81. The summed E-state index contributed by atoms with van der Waals surface area (Å²) in [7, 11) is 0. The Labute approximate surface area is 91.3 Å². The minimum Gasteiger partial charge on any atom is -0.461 e. The van der Waals surface area contributed by atoms with Crippen LogP contribution in [0.25, 0.3) is 0 Å². The molecule has 0 atom stereocenters. The average molecular weight is 225 g/mol. The Morgan fingerprint density at radius 1 is 1.53 bits per heavy atom. The fraction of sp³-hybridized carbons (Fsp3) is 0.500. The molecule has 0 N–H and O–H groups in total. The highest BCUT2D eigenvalue weighted by molar-refractivity contribution is 7.15. The third-order valence-electron chi connectivity index (χ3n) is 2.22. The predicted molar refractivity (Wildman–Crippen MR) is 55.3 cm³/mol. The maximum atomic E-state index is 11.5. The molecule has 0 fully saturated rings. The number of carbonyl (C=O) groups is 2. The molecule has 2 rings (SSSR count). The molecule has 0 radical (unpaired) electrons. The summed E-state index contributed by atoms with van der Waals surface area (Å²) in [5.41, 5.74) is 0.763. The highest BCUT2D eigenvalue weighted by Crippen LogP contribution is 2.26. The van der Waals surface area contributed by atoms with E-state index in [0.29, 0.717) is 22.9 Å². The number of aromatic nitrogens is 1. The first-order valence-corrected chi connectivity index (χ1v) is 5.74. The van der Waals surface area contributed by atoms with Crippen LogP contribution in [-0.4, -0.2) is 23.3 Å². The van der Waals surface area contributed by atoms with Crippen LogP contribution in [0.3, 0.4) is 0 Å². The number of hydrogen-bond acceptors (Lipinski definition) is 5. The summed E-state index contributed by atoms with van der Waals surface area (Å²) in [4.78, 5) is 27.7. The van der Waals surface area contributed by atoms with E-state index in [1.165, 1.54) is 0 Å². The molecule has 1 aromatic heterocycles. The number of hydrogen-bond donors (Lipinski definition) is 0. The van der Waals surface area contributed by atoms with Crippen molar-refractivity contribution in [3.63, 3.8) is 0 Å². The van der Waals surface area contributed by atoms with E-state index in [9.17, 15) is 9.59 Å². The average Bonchev–Trinajstić information content (AvgIpc) is 2.63. The Bertz CT molecular complexity index is 411. The van der Waals surface area contributed by atoms with Crippen LogP contribution in [0, 0.1) is 0 Å². The van der Waals surface area contributed by atoms with Gasteiger partial charge in [-0.25, -0.2) is 9.78 Å². The largest absolute Gasteiger partial charge is 0.461 e. The van der Waals surface area contributed by atoms with E-state index in [-0.39, 0.29) is 5.78 Å². The van der Waals surface area contributed by atoms with Gasteiger partial charge in [0.2, 0.25) is 5.01 Å². The zero-order valence-corrected chi connectivity index (χ0v) is 9.23. The molecule has 80 valence electrons. The highest BCUT2D eigenvalue weighted by Gasteiger charge is 2.24. The Balaban J connectivity index is 2.29. The van der Waals surface area contributed by atoms with Crippen LogP contribution < -0.4 is 0 Å². The fourth-order valence-electron chi connectivity index (χ4n) is 1.55. The van der Waals surface area contributed by atoms with Crippen molar-refractivity contribution in [3.05, 3.63) is 15.6 Å². The summed E-state index contributed by atoms with van der Waals surface area (Å²) in [6.45, 7) is 2.08. The third-order valence-corrected chi connectivity index (χ3v) is 3.34. The summed E-state index contributed by atoms with van der Waals surface area (Å²) in [5.74, 6) is -0.325. The molecule has 5 heteroatoms. The van der Waals surface area contributed by atoms with Crippen LogP contribution in [0.5, 0.6) is 0 Å². The lowest BCUT2D eigenvalue weighted by Gasteiger charge is -2.06. The van der Waals surface area contributed by atoms with Gasteiger partial charge in [-0.1, -0.05) is 0 Å². The molecule has 1 aromatic rings. The number of Topliss-reactive ketones (excluding diaryl/α,β-unsaturated/α-hetero) is 1. The van der Waals surface area contributed by atoms with Gasteiger partial charge in [-0.2, -0.15) is 0 Å². The molecule has 0 bridgehead atoms. The standard InChI is InChI=1S/C10H11NO3S/c1-2-14-10(13)9-11-6-4-3-5-7(12)8(6)15-9/h2-5H2,1H3. The van der Waals surface area contributed by atoms with Crippen molar-refractivity contribution in [2.24, 2.45) is 0 Å². The van der Waals surface area contributed by atoms with Crippen LogP contribution in [0.4, 0.5) is 0 Å². The van der Waals surface area contributed by atoms with Crippen molar-refractivity contribution in [1.82, 2.24) is 4.98 Å². The fourth-order valence-corrected chi connectivity index (χ4v) is 2.52. The molecular weight excluding hydrogens is 214 g/mol. The van der Waals surface area contributed by atoms with Crippen LogP contribution in [0.1, 0.15) is 44.9 Å². The molecule has 0 aromatic carbocycles. The van der Waals surface area contributed by atoms with E-state index < -0.39 is 5.97 Å². The Morgan fingerprint density at radius 2 is 2.33 bits per heavy atom. The van der Waals surface area contributed by atoms with Crippen molar-refractivity contribution < 1.29 is 14.3 Å². The molecule has 1 heterocycles. The van der Waals surface area contributed by atoms with Crippen molar-refractivity contribution in [2.45, 2.75) is 26.2 Å². The lowest BCUT2D eigenvalue weighted by atomic mass is 10.0. The van der Waals surface area contributed by atoms with Gasteiger partial charge in [-0.3, -0.25) is 4.79 Å². The molecule has 0 saturated heterocycles. The number of carbonyl (C=O) groups excluding carboxylic acids is 2. The highest BCUT2D eigenvalue weighted by atomic mass is 32.1. The second-order valence-corrected chi connectivity index (χ2v) is 4.29. The molecule has 15 heavy (non-hydrogen) atoms. The number of thiazole rings is 1. The summed E-state index contributed by atoms with van der Waals surface area (Å²) >= 11 is 1.16. The number of nitrogens with zero attached hydrogens (tertiary/aromatic N) is 1. The second kappa shape index (κ2) is 4.10. The zero-order valence-electron chi connectivity index (χ0n) is 8.41. The number of fused-ring (bicyclic) bond motifs is 1. The summed E-state index contributed by atoms with van der Waals surface area (Å²) in [6.07, 6.45) is 2.19. The van der Waals surface area contributed by atoms with E-state index in [1.54, 1.807) is 6.92 Å².